The number of oxazole rings is 1. The second-order valence-electron chi connectivity index (χ2n) is 5.34. The van der Waals surface area contributed by atoms with E-state index in [-0.39, 0.29) is 11.2 Å². The molecule has 4 heteroatoms. The zero-order chi connectivity index (χ0) is 13.7. The zero-order valence-corrected chi connectivity index (χ0v) is 10.8. The van der Waals surface area contributed by atoms with E-state index in [2.05, 4.69) is 4.98 Å². The molecule has 2 aromatic carbocycles. The quantitative estimate of drug-likeness (QED) is 0.722. The molecule has 4 rings (SSSR count). The summed E-state index contributed by atoms with van der Waals surface area (Å²) in [6.45, 7) is 0. The van der Waals surface area contributed by atoms with Crippen molar-refractivity contribution < 1.29 is 8.81 Å². The highest BCUT2D eigenvalue weighted by molar-refractivity contribution is 5.73. The standard InChI is InChI=1S/C16H13FN2O/c17-11-3-6-14-13(9-11)19-15(20-14)16(7-8-16)10-1-4-12(18)5-2-10/h1-6,9H,7-8,18H2. The molecule has 1 heterocycles. The molecule has 20 heavy (non-hydrogen) atoms. The Morgan fingerprint density at radius 1 is 1.10 bits per heavy atom. The molecule has 0 unspecified atom stereocenters. The lowest BCUT2D eigenvalue weighted by Crippen LogP contribution is -2.08. The van der Waals surface area contributed by atoms with E-state index in [1.807, 2.05) is 24.3 Å². The maximum absolute atomic E-state index is 13.2. The van der Waals surface area contributed by atoms with Gasteiger partial charge in [0.05, 0.1) is 5.41 Å². The zero-order valence-electron chi connectivity index (χ0n) is 10.8. The molecule has 0 aliphatic heterocycles. The minimum Gasteiger partial charge on any atom is -0.440 e. The van der Waals surface area contributed by atoms with Gasteiger partial charge in [-0.05, 0) is 42.7 Å². The molecule has 0 spiro atoms. The molecule has 1 aliphatic carbocycles. The number of fused-ring (bicyclic) bond motifs is 1. The molecular formula is C16H13FN2O. The number of nitrogens with zero attached hydrogens (tertiary/aromatic N) is 1. The Bertz CT molecular complexity index is 788. The molecular weight excluding hydrogens is 255 g/mol. The predicted molar refractivity (Wildman–Crippen MR) is 74.8 cm³/mol. The monoisotopic (exact) mass is 268 g/mol. The van der Waals surface area contributed by atoms with Crippen molar-refractivity contribution >= 4 is 16.8 Å². The summed E-state index contributed by atoms with van der Waals surface area (Å²) in [5.41, 5.74) is 8.65. The first-order valence-electron chi connectivity index (χ1n) is 6.60. The van der Waals surface area contributed by atoms with Crippen molar-refractivity contribution in [3.8, 4) is 0 Å². The predicted octanol–water partition coefficient (Wildman–Crippen LogP) is 3.63. The van der Waals surface area contributed by atoms with Gasteiger partial charge < -0.3 is 10.2 Å². The Morgan fingerprint density at radius 3 is 2.55 bits per heavy atom. The summed E-state index contributed by atoms with van der Waals surface area (Å²) < 4.78 is 19.1. The van der Waals surface area contributed by atoms with Crippen LogP contribution in [-0.2, 0) is 5.41 Å². The minimum absolute atomic E-state index is 0.163. The lowest BCUT2D eigenvalue weighted by molar-refractivity contribution is 0.491. The molecule has 3 nitrogen and oxygen atoms in total. The van der Waals surface area contributed by atoms with Crippen molar-refractivity contribution in [1.29, 1.82) is 0 Å². The van der Waals surface area contributed by atoms with Gasteiger partial charge in [0.15, 0.2) is 5.58 Å². The van der Waals surface area contributed by atoms with E-state index in [0.717, 1.165) is 24.1 Å². The molecule has 2 N–H and O–H groups in total. The van der Waals surface area contributed by atoms with Gasteiger partial charge >= 0.3 is 0 Å². The van der Waals surface area contributed by atoms with Crippen molar-refractivity contribution in [3.63, 3.8) is 0 Å². The summed E-state index contributed by atoms with van der Waals surface area (Å²) in [5.74, 6) is 0.373. The molecule has 1 saturated carbocycles. The molecule has 0 radical (unpaired) electrons. The average molecular weight is 268 g/mol. The SMILES string of the molecule is Nc1ccc(C2(c3nc4cc(F)ccc4o3)CC2)cc1. The van der Waals surface area contributed by atoms with E-state index in [9.17, 15) is 4.39 Å². The smallest absolute Gasteiger partial charge is 0.206 e. The van der Waals surface area contributed by atoms with Gasteiger partial charge in [-0.2, -0.15) is 0 Å². The van der Waals surface area contributed by atoms with Crippen LogP contribution in [0.15, 0.2) is 46.9 Å². The molecule has 0 amide bonds. The Kier molecular flexibility index (Phi) is 2.19. The molecule has 1 aliphatic rings. The fourth-order valence-corrected chi connectivity index (χ4v) is 2.66. The lowest BCUT2D eigenvalue weighted by atomic mass is 9.96. The van der Waals surface area contributed by atoms with Crippen molar-refractivity contribution in [2.24, 2.45) is 0 Å². The third-order valence-electron chi connectivity index (χ3n) is 3.97. The molecule has 3 aromatic rings. The van der Waals surface area contributed by atoms with E-state index in [4.69, 9.17) is 10.2 Å². The molecule has 0 bridgehead atoms. The van der Waals surface area contributed by atoms with Gasteiger partial charge in [0.25, 0.3) is 0 Å². The minimum atomic E-state index is -0.297. The number of hydrogen-bond donors (Lipinski definition) is 1. The summed E-state index contributed by atoms with van der Waals surface area (Å²) in [7, 11) is 0. The van der Waals surface area contributed by atoms with E-state index in [1.54, 1.807) is 6.07 Å². The van der Waals surface area contributed by atoms with Gasteiger partial charge in [-0.1, -0.05) is 12.1 Å². The topological polar surface area (TPSA) is 52.0 Å². The van der Waals surface area contributed by atoms with Crippen molar-refractivity contribution in [2.45, 2.75) is 18.3 Å². The largest absolute Gasteiger partial charge is 0.440 e. The van der Waals surface area contributed by atoms with E-state index in [1.165, 1.54) is 12.1 Å². The Hall–Kier alpha value is -2.36. The molecule has 1 aromatic heterocycles. The van der Waals surface area contributed by atoms with Crippen LogP contribution in [0.4, 0.5) is 10.1 Å². The van der Waals surface area contributed by atoms with Crippen molar-refractivity contribution in [2.75, 3.05) is 5.73 Å². The third kappa shape index (κ3) is 1.61. The summed E-state index contributed by atoms with van der Waals surface area (Å²) >= 11 is 0. The fourth-order valence-electron chi connectivity index (χ4n) is 2.66. The number of hydrogen-bond acceptors (Lipinski definition) is 3. The summed E-state index contributed by atoms with van der Waals surface area (Å²) in [6.07, 6.45) is 1.98. The van der Waals surface area contributed by atoms with Crippen LogP contribution in [0, 0.1) is 5.82 Å². The maximum atomic E-state index is 13.2. The first-order valence-corrected chi connectivity index (χ1v) is 6.60. The number of anilines is 1. The number of nitrogen functional groups attached to an aromatic ring is 1. The Balaban J connectivity index is 1.83. The van der Waals surface area contributed by atoms with Crippen LogP contribution < -0.4 is 5.73 Å². The Morgan fingerprint density at radius 2 is 1.85 bits per heavy atom. The molecule has 0 atom stereocenters. The van der Waals surface area contributed by atoms with Crippen LogP contribution >= 0.6 is 0 Å². The van der Waals surface area contributed by atoms with Gasteiger partial charge in [-0.3, -0.25) is 0 Å². The highest BCUT2D eigenvalue weighted by Crippen LogP contribution is 2.53. The van der Waals surface area contributed by atoms with Crippen molar-refractivity contribution in [3.05, 3.63) is 59.7 Å². The van der Waals surface area contributed by atoms with Gasteiger partial charge in [0, 0.05) is 11.8 Å². The number of halogens is 1. The van der Waals surface area contributed by atoms with E-state index in [0.29, 0.717) is 17.0 Å². The van der Waals surface area contributed by atoms with Crippen LogP contribution in [0.5, 0.6) is 0 Å². The first kappa shape index (κ1) is 11.5. The third-order valence-corrected chi connectivity index (χ3v) is 3.97. The average Bonchev–Trinajstić information content (AvgIpc) is 3.14. The number of aromatic nitrogens is 1. The number of benzene rings is 2. The van der Waals surface area contributed by atoms with E-state index < -0.39 is 0 Å². The molecule has 1 fully saturated rings. The normalized spacial score (nSPS) is 16.4. The lowest BCUT2D eigenvalue weighted by Gasteiger charge is -2.11. The van der Waals surface area contributed by atoms with Crippen LogP contribution in [0.25, 0.3) is 11.1 Å². The summed E-state index contributed by atoms with van der Waals surface area (Å²) in [4.78, 5) is 4.47. The van der Waals surface area contributed by atoms with Gasteiger partial charge in [0.1, 0.15) is 11.3 Å². The van der Waals surface area contributed by atoms with Gasteiger partial charge in [0.2, 0.25) is 5.89 Å². The van der Waals surface area contributed by atoms with Crippen LogP contribution in [0.2, 0.25) is 0 Å². The van der Waals surface area contributed by atoms with Crippen LogP contribution in [-0.4, -0.2) is 4.98 Å². The highest BCUT2D eigenvalue weighted by atomic mass is 19.1. The number of rotatable bonds is 2. The molecule has 0 saturated heterocycles. The van der Waals surface area contributed by atoms with Gasteiger partial charge in [-0.25, -0.2) is 9.37 Å². The molecule has 100 valence electrons. The van der Waals surface area contributed by atoms with Crippen LogP contribution in [0.1, 0.15) is 24.3 Å². The maximum Gasteiger partial charge on any atom is 0.206 e. The Labute approximate surface area is 115 Å². The second-order valence-corrected chi connectivity index (χ2v) is 5.34. The van der Waals surface area contributed by atoms with Crippen LogP contribution in [0.3, 0.4) is 0 Å². The fraction of sp³-hybridized carbons (Fsp3) is 0.188. The summed E-state index contributed by atoms with van der Waals surface area (Å²) in [6, 6.07) is 12.2. The van der Waals surface area contributed by atoms with Crippen molar-refractivity contribution in [1.82, 2.24) is 4.98 Å². The summed E-state index contributed by atoms with van der Waals surface area (Å²) in [5, 5.41) is 0. The second kappa shape index (κ2) is 3.82. The highest BCUT2D eigenvalue weighted by Gasteiger charge is 2.50. The first-order chi connectivity index (χ1) is 9.67. The number of nitrogens with two attached hydrogens (primary N) is 1. The van der Waals surface area contributed by atoms with E-state index >= 15 is 0 Å². The van der Waals surface area contributed by atoms with Gasteiger partial charge in [-0.15, -0.1) is 0 Å².